The number of hydrogen-bond acceptors (Lipinski definition) is 3. The lowest BCUT2D eigenvalue weighted by atomic mass is 10.1. The molecule has 1 unspecified atom stereocenters. The standard InChI is InChI=1S/C15H11ClF4N2O/c16-9-3-1-8(2-4-9)10-7-22(5-6-23-10)13-11(17)14(19)21-15(20)12(13)18/h1-4,10H,5-7H2. The van der Waals surface area contributed by atoms with Gasteiger partial charge in [0.1, 0.15) is 11.8 Å². The molecule has 8 heteroatoms. The molecule has 23 heavy (non-hydrogen) atoms. The van der Waals surface area contributed by atoms with E-state index in [1.54, 1.807) is 24.3 Å². The predicted octanol–water partition coefficient (Wildman–Crippen LogP) is 3.87. The first-order valence-electron chi connectivity index (χ1n) is 6.79. The molecule has 0 amide bonds. The monoisotopic (exact) mass is 346 g/mol. The van der Waals surface area contributed by atoms with Crippen LogP contribution in [0.3, 0.4) is 0 Å². The van der Waals surface area contributed by atoms with Crippen LogP contribution in [0.25, 0.3) is 0 Å². The second kappa shape index (κ2) is 6.33. The maximum absolute atomic E-state index is 13.9. The van der Waals surface area contributed by atoms with Crippen LogP contribution in [-0.4, -0.2) is 24.7 Å². The molecule has 3 rings (SSSR count). The molecule has 0 spiro atoms. The first-order chi connectivity index (χ1) is 11.0. The third-order valence-electron chi connectivity index (χ3n) is 3.60. The molecule has 1 aliphatic heterocycles. The topological polar surface area (TPSA) is 25.4 Å². The van der Waals surface area contributed by atoms with Crippen LogP contribution in [0.15, 0.2) is 24.3 Å². The number of benzene rings is 1. The van der Waals surface area contributed by atoms with Gasteiger partial charge in [-0.25, -0.2) is 0 Å². The summed E-state index contributed by atoms with van der Waals surface area (Å²) in [4.78, 5) is 3.77. The zero-order valence-corrected chi connectivity index (χ0v) is 12.5. The molecule has 1 aliphatic rings. The van der Waals surface area contributed by atoms with Crippen molar-refractivity contribution in [3.8, 4) is 0 Å². The maximum atomic E-state index is 13.9. The molecule has 1 aromatic carbocycles. The summed E-state index contributed by atoms with van der Waals surface area (Å²) in [5.74, 6) is -6.37. The molecular formula is C15H11ClF4N2O. The minimum absolute atomic E-state index is 0.0400. The Bertz CT molecular complexity index is 700. The maximum Gasteiger partial charge on any atom is 0.253 e. The number of rotatable bonds is 2. The third-order valence-corrected chi connectivity index (χ3v) is 3.85. The Morgan fingerprint density at radius 2 is 1.65 bits per heavy atom. The number of ether oxygens (including phenoxy) is 1. The summed E-state index contributed by atoms with van der Waals surface area (Å²) in [6, 6.07) is 6.76. The van der Waals surface area contributed by atoms with E-state index in [1.165, 1.54) is 4.90 Å². The fourth-order valence-electron chi connectivity index (χ4n) is 2.49. The van der Waals surface area contributed by atoms with Gasteiger partial charge in [-0.1, -0.05) is 23.7 Å². The highest BCUT2D eigenvalue weighted by Gasteiger charge is 2.30. The van der Waals surface area contributed by atoms with Crippen LogP contribution < -0.4 is 4.90 Å². The van der Waals surface area contributed by atoms with E-state index in [-0.39, 0.29) is 19.7 Å². The van der Waals surface area contributed by atoms with Crippen LogP contribution in [0.2, 0.25) is 5.02 Å². The van der Waals surface area contributed by atoms with Crippen LogP contribution in [0.5, 0.6) is 0 Å². The summed E-state index contributed by atoms with van der Waals surface area (Å²) in [6.45, 7) is 0.289. The first-order valence-corrected chi connectivity index (χ1v) is 7.17. The predicted molar refractivity (Wildman–Crippen MR) is 76.4 cm³/mol. The van der Waals surface area contributed by atoms with Gasteiger partial charge in [0, 0.05) is 18.1 Å². The summed E-state index contributed by atoms with van der Waals surface area (Å²) in [7, 11) is 0. The third kappa shape index (κ3) is 3.11. The van der Waals surface area contributed by atoms with Crippen molar-refractivity contribution in [2.45, 2.75) is 6.10 Å². The molecule has 2 aromatic rings. The second-order valence-electron chi connectivity index (χ2n) is 5.03. The van der Waals surface area contributed by atoms with E-state index in [9.17, 15) is 17.6 Å². The Labute approximate surface area is 134 Å². The molecule has 0 bridgehead atoms. The van der Waals surface area contributed by atoms with E-state index in [0.29, 0.717) is 5.02 Å². The molecule has 1 atom stereocenters. The SMILES string of the molecule is Fc1nc(F)c(F)c(N2CCOC(c3ccc(Cl)cc3)C2)c1F. The fourth-order valence-corrected chi connectivity index (χ4v) is 2.61. The Balaban J connectivity index is 1.91. The second-order valence-corrected chi connectivity index (χ2v) is 5.46. The lowest BCUT2D eigenvalue weighted by molar-refractivity contribution is 0.0392. The number of halogens is 5. The lowest BCUT2D eigenvalue weighted by Crippen LogP contribution is -2.39. The van der Waals surface area contributed by atoms with Crippen LogP contribution in [0.1, 0.15) is 11.7 Å². The number of nitrogens with zero attached hydrogens (tertiary/aromatic N) is 2. The summed E-state index contributed by atoms with van der Waals surface area (Å²) >= 11 is 5.81. The van der Waals surface area contributed by atoms with Crippen molar-refractivity contribution in [1.29, 1.82) is 0 Å². The van der Waals surface area contributed by atoms with Crippen molar-refractivity contribution in [1.82, 2.24) is 4.98 Å². The van der Waals surface area contributed by atoms with Crippen molar-refractivity contribution in [2.75, 3.05) is 24.6 Å². The molecule has 122 valence electrons. The molecule has 1 aromatic heterocycles. The van der Waals surface area contributed by atoms with Gasteiger partial charge in [0.15, 0.2) is 0 Å². The molecular weight excluding hydrogens is 336 g/mol. The normalized spacial score (nSPS) is 18.3. The quantitative estimate of drug-likeness (QED) is 0.610. The van der Waals surface area contributed by atoms with Gasteiger partial charge in [0.2, 0.25) is 11.6 Å². The van der Waals surface area contributed by atoms with Crippen LogP contribution >= 0.6 is 11.6 Å². The van der Waals surface area contributed by atoms with Crippen LogP contribution in [0.4, 0.5) is 23.2 Å². The Kier molecular flexibility index (Phi) is 4.41. The zero-order valence-electron chi connectivity index (χ0n) is 11.7. The van der Waals surface area contributed by atoms with E-state index in [2.05, 4.69) is 4.98 Å². The van der Waals surface area contributed by atoms with Gasteiger partial charge in [0.25, 0.3) is 11.9 Å². The zero-order chi connectivity index (χ0) is 16.6. The number of hydrogen-bond donors (Lipinski definition) is 0. The summed E-state index contributed by atoms with van der Waals surface area (Å²) < 4.78 is 59.8. The van der Waals surface area contributed by atoms with Gasteiger partial charge >= 0.3 is 0 Å². The van der Waals surface area contributed by atoms with E-state index < -0.39 is 35.3 Å². The fraction of sp³-hybridized carbons (Fsp3) is 0.267. The van der Waals surface area contributed by atoms with Gasteiger partial charge in [-0.3, -0.25) is 0 Å². The highest BCUT2D eigenvalue weighted by molar-refractivity contribution is 6.30. The van der Waals surface area contributed by atoms with Gasteiger partial charge < -0.3 is 9.64 Å². The van der Waals surface area contributed by atoms with E-state index >= 15 is 0 Å². The largest absolute Gasteiger partial charge is 0.370 e. The van der Waals surface area contributed by atoms with Gasteiger partial charge in [-0.15, -0.1) is 0 Å². The Morgan fingerprint density at radius 3 is 2.26 bits per heavy atom. The number of anilines is 1. The summed E-state index contributed by atoms with van der Waals surface area (Å²) in [6.07, 6.45) is -0.501. The van der Waals surface area contributed by atoms with Crippen molar-refractivity contribution >= 4 is 17.3 Å². The smallest absolute Gasteiger partial charge is 0.253 e. The molecule has 0 radical (unpaired) electrons. The van der Waals surface area contributed by atoms with Crippen molar-refractivity contribution in [2.24, 2.45) is 0 Å². The highest BCUT2D eigenvalue weighted by Crippen LogP contribution is 2.31. The highest BCUT2D eigenvalue weighted by atomic mass is 35.5. The molecule has 1 fully saturated rings. The van der Waals surface area contributed by atoms with E-state index in [1.807, 2.05) is 0 Å². The molecule has 1 saturated heterocycles. The average Bonchev–Trinajstić information content (AvgIpc) is 2.54. The van der Waals surface area contributed by atoms with Gasteiger partial charge in [-0.2, -0.15) is 22.5 Å². The first kappa shape index (κ1) is 16.0. The summed E-state index contributed by atoms with van der Waals surface area (Å²) in [5, 5.41) is 0.539. The molecule has 0 aliphatic carbocycles. The van der Waals surface area contributed by atoms with Crippen molar-refractivity contribution in [3.05, 3.63) is 58.4 Å². The number of aromatic nitrogens is 1. The molecule has 0 saturated carbocycles. The molecule has 0 N–H and O–H groups in total. The van der Waals surface area contributed by atoms with Crippen LogP contribution in [0, 0.1) is 23.5 Å². The average molecular weight is 347 g/mol. The number of pyridine rings is 1. The summed E-state index contributed by atoms with van der Waals surface area (Å²) in [5.41, 5.74) is -0.0211. The van der Waals surface area contributed by atoms with Crippen molar-refractivity contribution < 1.29 is 22.3 Å². The molecule has 2 heterocycles. The Hall–Kier alpha value is -1.86. The van der Waals surface area contributed by atoms with Gasteiger partial charge in [-0.05, 0) is 17.7 Å². The van der Waals surface area contributed by atoms with Gasteiger partial charge in [0.05, 0.1) is 6.61 Å². The molecule has 3 nitrogen and oxygen atoms in total. The Morgan fingerprint density at radius 1 is 1.04 bits per heavy atom. The van der Waals surface area contributed by atoms with E-state index in [0.717, 1.165) is 5.56 Å². The van der Waals surface area contributed by atoms with E-state index in [4.69, 9.17) is 16.3 Å². The number of morpholine rings is 1. The minimum atomic E-state index is -1.67. The lowest BCUT2D eigenvalue weighted by Gasteiger charge is -2.35. The van der Waals surface area contributed by atoms with Crippen LogP contribution in [-0.2, 0) is 4.74 Å². The van der Waals surface area contributed by atoms with Crippen molar-refractivity contribution in [3.63, 3.8) is 0 Å². The minimum Gasteiger partial charge on any atom is -0.370 e.